The number of hydrazine groups is 1. The van der Waals surface area contributed by atoms with Crippen LogP contribution in [0.1, 0.15) is 38.5 Å². The molecule has 0 aliphatic heterocycles. The maximum atomic E-state index is 12.4. The zero-order valence-electron chi connectivity index (χ0n) is 17.9. The second kappa shape index (κ2) is 9.80. The van der Waals surface area contributed by atoms with Crippen LogP contribution in [0, 0.1) is 27.7 Å². The summed E-state index contributed by atoms with van der Waals surface area (Å²) in [4.78, 5) is 24.4. The van der Waals surface area contributed by atoms with E-state index < -0.39 is 11.8 Å². The summed E-state index contributed by atoms with van der Waals surface area (Å²) in [5.74, 6) is 0.859. The molecule has 0 fully saturated rings. The summed E-state index contributed by atoms with van der Waals surface area (Å²) in [5.41, 5.74) is 8.77. The summed E-state index contributed by atoms with van der Waals surface area (Å²) in [7, 11) is 0. The van der Waals surface area contributed by atoms with E-state index >= 15 is 0 Å². The molecule has 3 aromatic rings. The number of hydrogen-bond donors (Lipinski definition) is 2. The van der Waals surface area contributed by atoms with Gasteiger partial charge >= 0.3 is 0 Å². The number of amides is 2. The van der Waals surface area contributed by atoms with Crippen molar-refractivity contribution in [1.82, 2.24) is 16.0 Å². The largest absolute Gasteiger partial charge is 0.489 e. The maximum Gasteiger partial charge on any atom is 0.276 e. The smallest absolute Gasteiger partial charge is 0.276 e. The Morgan fingerprint density at radius 3 is 2.35 bits per heavy atom. The Hall–Kier alpha value is -3.81. The molecule has 1 aromatic heterocycles. The highest BCUT2D eigenvalue weighted by atomic mass is 16.5. The van der Waals surface area contributed by atoms with Crippen LogP contribution in [0.25, 0.3) is 0 Å². The molecular weight excluding hydrogens is 398 g/mol. The number of benzene rings is 2. The van der Waals surface area contributed by atoms with Crippen LogP contribution in [0.4, 0.5) is 0 Å². The number of carbonyl (C=O) groups excluding carboxylic acids is 2. The van der Waals surface area contributed by atoms with E-state index in [1.165, 1.54) is 0 Å². The van der Waals surface area contributed by atoms with Gasteiger partial charge in [0.2, 0.25) is 0 Å². The molecule has 2 amide bonds. The van der Waals surface area contributed by atoms with Crippen molar-refractivity contribution >= 4 is 11.8 Å². The molecule has 1 heterocycles. The lowest BCUT2D eigenvalue weighted by atomic mass is 10.1. The second-order valence-electron chi connectivity index (χ2n) is 7.23. The molecule has 0 unspecified atom stereocenters. The molecule has 8 nitrogen and oxygen atoms in total. The summed E-state index contributed by atoms with van der Waals surface area (Å²) in [6.07, 6.45) is 0. The zero-order chi connectivity index (χ0) is 22.4. The first kappa shape index (κ1) is 21.9. The molecule has 0 spiro atoms. The van der Waals surface area contributed by atoms with Crippen molar-refractivity contribution in [2.75, 3.05) is 6.61 Å². The average molecular weight is 423 g/mol. The molecule has 3 rings (SSSR count). The second-order valence-corrected chi connectivity index (χ2v) is 7.23. The van der Waals surface area contributed by atoms with Gasteiger partial charge in [0, 0.05) is 5.56 Å². The van der Waals surface area contributed by atoms with Crippen molar-refractivity contribution in [3.05, 3.63) is 76.2 Å². The van der Waals surface area contributed by atoms with Gasteiger partial charge in [0.25, 0.3) is 11.8 Å². The summed E-state index contributed by atoms with van der Waals surface area (Å²) in [5, 5.41) is 3.89. The quantitative estimate of drug-likeness (QED) is 0.565. The van der Waals surface area contributed by atoms with Crippen LogP contribution >= 0.6 is 0 Å². The number of aryl methyl sites for hydroxylation is 4. The minimum Gasteiger partial charge on any atom is -0.489 e. The van der Waals surface area contributed by atoms with E-state index in [9.17, 15) is 9.59 Å². The molecule has 0 atom stereocenters. The number of nitrogens with zero attached hydrogens (tertiary/aromatic N) is 1. The maximum absolute atomic E-state index is 12.4. The van der Waals surface area contributed by atoms with E-state index in [0.29, 0.717) is 22.8 Å². The van der Waals surface area contributed by atoms with Gasteiger partial charge in [0.05, 0.1) is 11.3 Å². The topological polar surface area (TPSA) is 103 Å². The van der Waals surface area contributed by atoms with Gasteiger partial charge in [-0.05, 0) is 69.2 Å². The van der Waals surface area contributed by atoms with E-state index in [-0.39, 0.29) is 13.2 Å². The summed E-state index contributed by atoms with van der Waals surface area (Å²) >= 11 is 0. The minimum atomic E-state index is -0.474. The van der Waals surface area contributed by atoms with Gasteiger partial charge in [-0.1, -0.05) is 17.3 Å². The highest BCUT2D eigenvalue weighted by Crippen LogP contribution is 2.19. The van der Waals surface area contributed by atoms with Crippen molar-refractivity contribution in [1.29, 1.82) is 0 Å². The average Bonchev–Trinajstić information content (AvgIpc) is 3.06. The van der Waals surface area contributed by atoms with Crippen molar-refractivity contribution in [3.63, 3.8) is 0 Å². The van der Waals surface area contributed by atoms with Gasteiger partial charge in [0.15, 0.2) is 6.61 Å². The van der Waals surface area contributed by atoms with E-state index in [4.69, 9.17) is 14.0 Å². The lowest BCUT2D eigenvalue weighted by Crippen LogP contribution is -2.43. The lowest BCUT2D eigenvalue weighted by molar-refractivity contribution is -0.123. The zero-order valence-corrected chi connectivity index (χ0v) is 17.9. The molecule has 162 valence electrons. The Balaban J connectivity index is 1.49. The molecule has 0 saturated carbocycles. The molecule has 2 aromatic carbocycles. The predicted octanol–water partition coefficient (Wildman–Crippen LogP) is 3.33. The Kier molecular flexibility index (Phi) is 6.92. The lowest BCUT2D eigenvalue weighted by Gasteiger charge is -2.11. The standard InChI is InChI=1S/C23H25N3O5/c1-14-8-15(2)10-20(9-14)30-13-22(27)24-25-23(28)18-6-5-7-19(11-18)29-12-21-16(3)26-31-17(21)4/h5-11H,12-13H2,1-4H3,(H,24,27)(H,25,28). The van der Waals surface area contributed by atoms with Crippen LogP contribution < -0.4 is 20.3 Å². The van der Waals surface area contributed by atoms with Crippen molar-refractivity contribution in [2.24, 2.45) is 0 Å². The monoisotopic (exact) mass is 423 g/mol. The fourth-order valence-electron chi connectivity index (χ4n) is 2.99. The van der Waals surface area contributed by atoms with Crippen LogP contribution in [0.5, 0.6) is 11.5 Å². The molecule has 0 saturated heterocycles. The van der Waals surface area contributed by atoms with Crippen molar-refractivity contribution in [2.45, 2.75) is 34.3 Å². The van der Waals surface area contributed by atoms with Gasteiger partial charge in [-0.15, -0.1) is 0 Å². The summed E-state index contributed by atoms with van der Waals surface area (Å²) in [6, 6.07) is 12.3. The van der Waals surface area contributed by atoms with Crippen molar-refractivity contribution in [3.8, 4) is 11.5 Å². The van der Waals surface area contributed by atoms with Gasteiger partial charge in [-0.25, -0.2) is 0 Å². The number of aromatic nitrogens is 1. The third kappa shape index (κ3) is 6.08. The molecular formula is C23H25N3O5. The molecule has 0 bridgehead atoms. The van der Waals surface area contributed by atoms with E-state index in [1.807, 2.05) is 45.9 Å². The summed E-state index contributed by atoms with van der Waals surface area (Å²) < 4.78 is 16.3. The van der Waals surface area contributed by atoms with Crippen LogP contribution in [-0.2, 0) is 11.4 Å². The number of rotatable bonds is 7. The van der Waals surface area contributed by atoms with Crippen LogP contribution in [0.3, 0.4) is 0 Å². The molecule has 31 heavy (non-hydrogen) atoms. The fourth-order valence-corrected chi connectivity index (χ4v) is 2.99. The third-order valence-corrected chi connectivity index (χ3v) is 4.54. The first-order valence-corrected chi connectivity index (χ1v) is 9.76. The Labute approximate surface area is 180 Å². The van der Waals surface area contributed by atoms with Gasteiger partial charge < -0.3 is 14.0 Å². The first-order valence-electron chi connectivity index (χ1n) is 9.76. The summed E-state index contributed by atoms with van der Waals surface area (Å²) in [6.45, 7) is 7.61. The van der Waals surface area contributed by atoms with E-state index in [1.54, 1.807) is 24.3 Å². The highest BCUT2D eigenvalue weighted by molar-refractivity contribution is 5.95. The molecule has 0 aliphatic carbocycles. The fraction of sp³-hybridized carbons (Fsp3) is 0.261. The van der Waals surface area contributed by atoms with Crippen molar-refractivity contribution < 1.29 is 23.6 Å². The first-order chi connectivity index (χ1) is 14.8. The van der Waals surface area contributed by atoms with Crippen LogP contribution in [0.15, 0.2) is 47.0 Å². The molecule has 0 radical (unpaired) electrons. The predicted molar refractivity (Wildman–Crippen MR) is 114 cm³/mol. The van der Waals surface area contributed by atoms with Gasteiger partial charge in [-0.3, -0.25) is 20.4 Å². The molecule has 0 aliphatic rings. The number of carbonyl (C=O) groups is 2. The third-order valence-electron chi connectivity index (χ3n) is 4.54. The van der Waals surface area contributed by atoms with Gasteiger partial charge in [0.1, 0.15) is 23.9 Å². The normalized spacial score (nSPS) is 10.5. The highest BCUT2D eigenvalue weighted by Gasteiger charge is 2.12. The van der Waals surface area contributed by atoms with Crippen LogP contribution in [-0.4, -0.2) is 23.6 Å². The van der Waals surface area contributed by atoms with Crippen LogP contribution in [0.2, 0.25) is 0 Å². The SMILES string of the molecule is Cc1cc(C)cc(OCC(=O)NNC(=O)c2cccc(OCc3c(C)noc3C)c2)c1. The Bertz CT molecular complexity index is 1050. The molecule has 8 heteroatoms. The van der Waals surface area contributed by atoms with E-state index in [2.05, 4.69) is 16.0 Å². The number of hydrogen-bond acceptors (Lipinski definition) is 6. The Morgan fingerprint density at radius 1 is 0.935 bits per heavy atom. The van der Waals surface area contributed by atoms with Gasteiger partial charge in [-0.2, -0.15) is 0 Å². The number of ether oxygens (including phenoxy) is 2. The van der Waals surface area contributed by atoms with E-state index in [0.717, 1.165) is 22.4 Å². The number of nitrogens with one attached hydrogen (secondary N) is 2. The molecule has 2 N–H and O–H groups in total. The minimum absolute atomic E-state index is 0.218. The Morgan fingerprint density at radius 2 is 1.68 bits per heavy atom.